The van der Waals surface area contributed by atoms with Crippen molar-refractivity contribution in [3.63, 3.8) is 0 Å². The van der Waals surface area contributed by atoms with Crippen LogP contribution in [-0.2, 0) is 12.8 Å². The zero-order chi connectivity index (χ0) is 11.3. The highest BCUT2D eigenvalue weighted by molar-refractivity contribution is 5.27. The van der Waals surface area contributed by atoms with Crippen LogP contribution in [-0.4, -0.2) is 0 Å². The fourth-order valence-electron chi connectivity index (χ4n) is 3.78. The lowest BCUT2D eigenvalue weighted by Gasteiger charge is -2.45. The van der Waals surface area contributed by atoms with Gasteiger partial charge >= 0.3 is 0 Å². The normalized spacial score (nSPS) is 31.6. The molecular formula is C15H20O. The molecule has 2 aliphatic rings. The standard InChI is InChI=1S/C15H20O/c1-10-6-12-8-14-11(4-5-16-14)7-13(12)15(2,3)9-10/h4-6,12-13H,7-9H2,1-3H3. The van der Waals surface area contributed by atoms with E-state index in [1.165, 1.54) is 24.2 Å². The van der Waals surface area contributed by atoms with Crippen molar-refractivity contribution in [1.82, 2.24) is 0 Å². The number of hydrogen-bond donors (Lipinski definition) is 0. The molecule has 0 saturated carbocycles. The van der Waals surface area contributed by atoms with Gasteiger partial charge in [0.15, 0.2) is 0 Å². The molecule has 0 N–H and O–H groups in total. The van der Waals surface area contributed by atoms with Crippen LogP contribution < -0.4 is 0 Å². The maximum absolute atomic E-state index is 5.58. The van der Waals surface area contributed by atoms with Gasteiger partial charge in [-0.1, -0.05) is 25.5 Å². The first-order chi connectivity index (χ1) is 7.56. The van der Waals surface area contributed by atoms with Crippen LogP contribution in [0.4, 0.5) is 0 Å². The molecule has 0 aliphatic heterocycles. The van der Waals surface area contributed by atoms with Crippen LogP contribution in [0.1, 0.15) is 38.5 Å². The first kappa shape index (κ1) is 10.2. The third-order valence-electron chi connectivity index (χ3n) is 4.45. The van der Waals surface area contributed by atoms with Gasteiger partial charge in [-0.2, -0.15) is 0 Å². The van der Waals surface area contributed by atoms with Crippen molar-refractivity contribution in [3.8, 4) is 0 Å². The molecule has 1 aromatic rings. The molecule has 1 nitrogen and oxygen atoms in total. The van der Waals surface area contributed by atoms with E-state index in [-0.39, 0.29) is 0 Å². The Kier molecular flexibility index (Phi) is 2.07. The lowest BCUT2D eigenvalue weighted by molar-refractivity contribution is 0.130. The number of allylic oxidation sites excluding steroid dienone is 2. The largest absolute Gasteiger partial charge is 0.469 e. The predicted molar refractivity (Wildman–Crippen MR) is 65.3 cm³/mol. The summed E-state index contributed by atoms with van der Waals surface area (Å²) in [6.45, 7) is 7.12. The highest BCUT2D eigenvalue weighted by Crippen LogP contribution is 2.48. The fourth-order valence-corrected chi connectivity index (χ4v) is 3.78. The lowest BCUT2D eigenvalue weighted by atomic mass is 9.60. The summed E-state index contributed by atoms with van der Waals surface area (Å²) in [5, 5.41) is 0. The minimum absolute atomic E-state index is 0.443. The highest BCUT2D eigenvalue weighted by Gasteiger charge is 2.41. The topological polar surface area (TPSA) is 13.1 Å². The molecule has 0 spiro atoms. The molecule has 0 radical (unpaired) electrons. The number of rotatable bonds is 0. The average Bonchev–Trinajstić information content (AvgIpc) is 2.60. The summed E-state index contributed by atoms with van der Waals surface area (Å²) < 4.78 is 5.58. The Morgan fingerprint density at radius 1 is 1.31 bits per heavy atom. The van der Waals surface area contributed by atoms with Gasteiger partial charge in [0.05, 0.1) is 6.26 Å². The van der Waals surface area contributed by atoms with E-state index in [1.807, 2.05) is 6.26 Å². The van der Waals surface area contributed by atoms with Gasteiger partial charge in [0.1, 0.15) is 5.76 Å². The molecule has 1 heterocycles. The van der Waals surface area contributed by atoms with Crippen molar-refractivity contribution in [3.05, 3.63) is 35.3 Å². The van der Waals surface area contributed by atoms with Crippen molar-refractivity contribution >= 4 is 0 Å². The van der Waals surface area contributed by atoms with Crippen molar-refractivity contribution in [1.29, 1.82) is 0 Å². The molecule has 0 aromatic carbocycles. The van der Waals surface area contributed by atoms with Crippen LogP contribution >= 0.6 is 0 Å². The molecule has 1 heteroatoms. The van der Waals surface area contributed by atoms with Gasteiger partial charge in [0.25, 0.3) is 0 Å². The fraction of sp³-hybridized carbons (Fsp3) is 0.600. The van der Waals surface area contributed by atoms with Gasteiger partial charge in [-0.3, -0.25) is 0 Å². The minimum Gasteiger partial charge on any atom is -0.469 e. The van der Waals surface area contributed by atoms with Gasteiger partial charge in [0.2, 0.25) is 0 Å². The van der Waals surface area contributed by atoms with E-state index in [2.05, 4.69) is 32.9 Å². The molecular weight excluding hydrogens is 196 g/mol. The summed E-state index contributed by atoms with van der Waals surface area (Å²) >= 11 is 0. The Hall–Kier alpha value is -0.980. The van der Waals surface area contributed by atoms with Gasteiger partial charge in [-0.15, -0.1) is 0 Å². The third kappa shape index (κ3) is 1.45. The molecule has 16 heavy (non-hydrogen) atoms. The average molecular weight is 216 g/mol. The second-order valence-electron chi connectivity index (χ2n) is 6.23. The Balaban J connectivity index is 2.01. The van der Waals surface area contributed by atoms with E-state index in [1.54, 1.807) is 5.57 Å². The zero-order valence-corrected chi connectivity index (χ0v) is 10.4. The summed E-state index contributed by atoms with van der Waals surface area (Å²) in [5.74, 6) is 2.71. The molecule has 86 valence electrons. The van der Waals surface area contributed by atoms with Crippen LogP contribution in [0.2, 0.25) is 0 Å². The van der Waals surface area contributed by atoms with Gasteiger partial charge in [-0.25, -0.2) is 0 Å². The molecule has 2 aliphatic carbocycles. The van der Waals surface area contributed by atoms with Crippen LogP contribution in [0.25, 0.3) is 0 Å². The Labute approximate surface area is 97.5 Å². The van der Waals surface area contributed by atoms with Crippen LogP contribution in [0.3, 0.4) is 0 Å². The van der Waals surface area contributed by atoms with Gasteiger partial charge < -0.3 is 4.42 Å². The zero-order valence-electron chi connectivity index (χ0n) is 10.4. The van der Waals surface area contributed by atoms with E-state index in [0.29, 0.717) is 11.3 Å². The monoisotopic (exact) mass is 216 g/mol. The SMILES string of the molecule is CC1=CC2Cc3occc3CC2C(C)(C)C1. The van der Waals surface area contributed by atoms with Crippen molar-refractivity contribution < 1.29 is 4.42 Å². The summed E-state index contributed by atoms with van der Waals surface area (Å²) in [6.07, 6.45) is 7.90. The predicted octanol–water partition coefficient (Wildman–Crippen LogP) is 3.99. The second-order valence-corrected chi connectivity index (χ2v) is 6.23. The van der Waals surface area contributed by atoms with E-state index in [9.17, 15) is 0 Å². The molecule has 3 rings (SSSR count). The third-order valence-corrected chi connectivity index (χ3v) is 4.45. The van der Waals surface area contributed by atoms with Gasteiger partial charge in [-0.05, 0) is 48.6 Å². The smallest absolute Gasteiger partial charge is 0.107 e. The Bertz CT molecular complexity index is 436. The van der Waals surface area contributed by atoms with Crippen molar-refractivity contribution in [2.24, 2.45) is 17.3 Å². The molecule has 0 fully saturated rings. The molecule has 2 atom stereocenters. The van der Waals surface area contributed by atoms with E-state index < -0.39 is 0 Å². The van der Waals surface area contributed by atoms with Crippen LogP contribution in [0.5, 0.6) is 0 Å². The number of hydrogen-bond acceptors (Lipinski definition) is 1. The molecule has 0 bridgehead atoms. The summed E-state index contributed by atoms with van der Waals surface area (Å²) in [4.78, 5) is 0. The molecule has 2 unspecified atom stereocenters. The summed E-state index contributed by atoms with van der Waals surface area (Å²) in [6, 6.07) is 2.16. The van der Waals surface area contributed by atoms with Crippen LogP contribution in [0, 0.1) is 17.3 Å². The van der Waals surface area contributed by atoms with Crippen molar-refractivity contribution in [2.45, 2.75) is 40.0 Å². The first-order valence-corrected chi connectivity index (χ1v) is 6.29. The first-order valence-electron chi connectivity index (χ1n) is 6.29. The van der Waals surface area contributed by atoms with Gasteiger partial charge in [0, 0.05) is 6.42 Å². The maximum atomic E-state index is 5.58. The summed E-state index contributed by atoms with van der Waals surface area (Å²) in [7, 11) is 0. The molecule has 0 saturated heterocycles. The Morgan fingerprint density at radius 3 is 2.94 bits per heavy atom. The number of furan rings is 1. The quantitative estimate of drug-likeness (QED) is 0.598. The summed E-state index contributed by atoms with van der Waals surface area (Å²) in [5.41, 5.74) is 3.45. The maximum Gasteiger partial charge on any atom is 0.107 e. The highest BCUT2D eigenvalue weighted by atomic mass is 16.3. The second kappa shape index (κ2) is 3.26. The Morgan fingerprint density at radius 2 is 2.12 bits per heavy atom. The minimum atomic E-state index is 0.443. The van der Waals surface area contributed by atoms with Crippen LogP contribution in [0.15, 0.2) is 28.4 Å². The van der Waals surface area contributed by atoms with E-state index >= 15 is 0 Å². The lowest BCUT2D eigenvalue weighted by Crippen LogP contribution is -2.38. The van der Waals surface area contributed by atoms with Crippen molar-refractivity contribution in [2.75, 3.05) is 0 Å². The number of fused-ring (bicyclic) bond motifs is 2. The van der Waals surface area contributed by atoms with E-state index in [0.717, 1.165) is 12.3 Å². The molecule has 1 aromatic heterocycles. The van der Waals surface area contributed by atoms with E-state index in [4.69, 9.17) is 4.42 Å². The molecule has 0 amide bonds.